The van der Waals surface area contributed by atoms with Crippen molar-refractivity contribution in [2.45, 2.75) is 26.6 Å². The van der Waals surface area contributed by atoms with Crippen molar-refractivity contribution in [2.75, 3.05) is 14.1 Å². The molecule has 2 rings (SSSR count). The fraction of sp³-hybridized carbons (Fsp3) is 0.429. The van der Waals surface area contributed by atoms with Gasteiger partial charge >= 0.3 is 0 Å². The number of hydrogen-bond donors (Lipinski definition) is 1. The molecule has 0 atom stereocenters. The summed E-state index contributed by atoms with van der Waals surface area (Å²) in [5.41, 5.74) is 2.46. The fourth-order valence-electron chi connectivity index (χ4n) is 2.04. The summed E-state index contributed by atoms with van der Waals surface area (Å²) < 4.78 is 10.8. The van der Waals surface area contributed by atoms with E-state index < -0.39 is 0 Å². The van der Waals surface area contributed by atoms with Crippen molar-refractivity contribution < 1.29 is 8.83 Å². The monoisotopic (exact) mass is 248 g/mol. The Morgan fingerprint density at radius 1 is 1.11 bits per heavy atom. The summed E-state index contributed by atoms with van der Waals surface area (Å²) in [4.78, 5) is 2.25. The number of furan rings is 2. The van der Waals surface area contributed by atoms with Crippen molar-refractivity contribution in [3.05, 3.63) is 47.3 Å². The van der Waals surface area contributed by atoms with Crippen molar-refractivity contribution in [3.8, 4) is 0 Å². The average molecular weight is 248 g/mol. The number of hydrogen-bond acceptors (Lipinski definition) is 4. The van der Waals surface area contributed by atoms with Gasteiger partial charge in [0.25, 0.3) is 0 Å². The molecule has 4 heteroatoms. The normalized spacial score (nSPS) is 11.3. The van der Waals surface area contributed by atoms with Gasteiger partial charge < -0.3 is 14.2 Å². The fourth-order valence-corrected chi connectivity index (χ4v) is 2.04. The smallest absolute Gasteiger partial charge is 0.122 e. The first-order chi connectivity index (χ1) is 8.70. The average Bonchev–Trinajstić information content (AvgIpc) is 2.91. The minimum Gasteiger partial charge on any atom is -0.469 e. The molecule has 0 aliphatic heterocycles. The molecule has 0 saturated carbocycles. The van der Waals surface area contributed by atoms with E-state index in [2.05, 4.69) is 17.3 Å². The Kier molecular flexibility index (Phi) is 4.23. The first-order valence-electron chi connectivity index (χ1n) is 6.12. The molecule has 0 saturated heterocycles. The van der Waals surface area contributed by atoms with Crippen molar-refractivity contribution in [1.82, 2.24) is 10.2 Å². The predicted molar refractivity (Wildman–Crippen MR) is 70.1 cm³/mol. The Morgan fingerprint density at radius 3 is 2.44 bits per heavy atom. The molecular formula is C14H20N2O2. The molecule has 4 nitrogen and oxygen atoms in total. The van der Waals surface area contributed by atoms with Gasteiger partial charge in [0, 0.05) is 24.2 Å². The highest BCUT2D eigenvalue weighted by Gasteiger charge is 2.10. The second-order valence-electron chi connectivity index (χ2n) is 4.57. The van der Waals surface area contributed by atoms with Gasteiger partial charge in [0.1, 0.15) is 11.5 Å². The van der Waals surface area contributed by atoms with Crippen LogP contribution in [0.25, 0.3) is 0 Å². The maximum Gasteiger partial charge on any atom is 0.122 e. The molecule has 0 radical (unpaired) electrons. The molecule has 18 heavy (non-hydrogen) atoms. The van der Waals surface area contributed by atoms with Gasteiger partial charge in [-0.25, -0.2) is 0 Å². The van der Waals surface area contributed by atoms with Gasteiger partial charge in [-0.1, -0.05) is 0 Å². The summed E-state index contributed by atoms with van der Waals surface area (Å²) in [5, 5.41) is 3.11. The summed E-state index contributed by atoms with van der Waals surface area (Å²) in [6, 6.07) is 4.06. The van der Waals surface area contributed by atoms with Crippen LogP contribution in [0.15, 0.2) is 33.5 Å². The van der Waals surface area contributed by atoms with Gasteiger partial charge in [-0.15, -0.1) is 0 Å². The van der Waals surface area contributed by atoms with E-state index in [9.17, 15) is 0 Å². The number of aryl methyl sites for hydroxylation is 1. The quantitative estimate of drug-likeness (QED) is 0.853. The van der Waals surface area contributed by atoms with E-state index in [1.165, 1.54) is 11.1 Å². The third kappa shape index (κ3) is 3.03. The topological polar surface area (TPSA) is 41.6 Å². The molecule has 2 aromatic heterocycles. The molecule has 0 aliphatic carbocycles. The van der Waals surface area contributed by atoms with Gasteiger partial charge in [-0.05, 0) is 33.2 Å². The first-order valence-corrected chi connectivity index (χ1v) is 6.12. The van der Waals surface area contributed by atoms with Gasteiger partial charge in [0.05, 0.1) is 19.1 Å². The van der Waals surface area contributed by atoms with Crippen molar-refractivity contribution in [1.29, 1.82) is 0 Å². The van der Waals surface area contributed by atoms with Crippen LogP contribution in [0.1, 0.15) is 22.6 Å². The van der Waals surface area contributed by atoms with Crippen LogP contribution in [-0.2, 0) is 19.6 Å². The second kappa shape index (κ2) is 5.89. The van der Waals surface area contributed by atoms with Gasteiger partial charge in [0.2, 0.25) is 0 Å². The lowest BCUT2D eigenvalue weighted by atomic mass is 10.2. The van der Waals surface area contributed by atoms with Gasteiger partial charge in [-0.2, -0.15) is 0 Å². The standard InChI is InChI=1S/C14H20N2O2/c1-11-12(4-6-17-11)9-16(3)10-13-5-7-18-14(13)8-15-2/h4-7,15H,8-10H2,1-3H3. The number of nitrogens with zero attached hydrogens (tertiary/aromatic N) is 1. The van der Waals surface area contributed by atoms with Crippen molar-refractivity contribution in [3.63, 3.8) is 0 Å². The largest absolute Gasteiger partial charge is 0.469 e. The van der Waals surface area contributed by atoms with Crippen molar-refractivity contribution >= 4 is 0 Å². The minimum absolute atomic E-state index is 0.765. The third-order valence-electron chi connectivity index (χ3n) is 3.02. The zero-order valence-electron chi connectivity index (χ0n) is 11.2. The Bertz CT molecular complexity index is 487. The first kappa shape index (κ1) is 12.9. The Morgan fingerprint density at radius 2 is 1.78 bits per heavy atom. The van der Waals surface area contributed by atoms with E-state index in [4.69, 9.17) is 8.83 Å². The van der Waals surface area contributed by atoms with Crippen LogP contribution in [0.5, 0.6) is 0 Å². The summed E-state index contributed by atoms with van der Waals surface area (Å²) in [6.45, 7) is 4.51. The Labute approximate surface area is 108 Å². The third-order valence-corrected chi connectivity index (χ3v) is 3.02. The summed E-state index contributed by atoms with van der Waals surface area (Å²) >= 11 is 0. The highest BCUT2D eigenvalue weighted by Crippen LogP contribution is 2.16. The van der Waals surface area contributed by atoms with Crippen LogP contribution in [0.4, 0.5) is 0 Å². The van der Waals surface area contributed by atoms with Crippen LogP contribution in [0.3, 0.4) is 0 Å². The van der Waals surface area contributed by atoms with Crippen LogP contribution < -0.4 is 5.32 Å². The maximum atomic E-state index is 5.46. The molecule has 0 fully saturated rings. The van der Waals surface area contributed by atoms with Gasteiger partial charge in [-0.3, -0.25) is 4.90 Å². The van der Waals surface area contributed by atoms with Crippen LogP contribution >= 0.6 is 0 Å². The predicted octanol–water partition coefficient (Wildman–Crippen LogP) is 2.53. The molecule has 0 spiro atoms. The number of nitrogens with one attached hydrogen (secondary N) is 1. The van der Waals surface area contributed by atoms with E-state index in [0.29, 0.717) is 0 Å². The zero-order valence-corrected chi connectivity index (χ0v) is 11.2. The minimum atomic E-state index is 0.765. The summed E-state index contributed by atoms with van der Waals surface area (Å²) in [6.07, 6.45) is 3.49. The van der Waals surface area contributed by atoms with Gasteiger partial charge in [0.15, 0.2) is 0 Å². The van der Waals surface area contributed by atoms with E-state index in [1.807, 2.05) is 26.1 Å². The lowest BCUT2D eigenvalue weighted by molar-refractivity contribution is 0.312. The molecule has 2 heterocycles. The van der Waals surface area contributed by atoms with Crippen LogP contribution in [-0.4, -0.2) is 19.0 Å². The van der Waals surface area contributed by atoms with E-state index in [1.54, 1.807) is 12.5 Å². The Hall–Kier alpha value is -1.52. The van der Waals surface area contributed by atoms with E-state index in [0.717, 1.165) is 31.2 Å². The van der Waals surface area contributed by atoms with Crippen molar-refractivity contribution in [2.24, 2.45) is 0 Å². The highest BCUT2D eigenvalue weighted by atomic mass is 16.3. The Balaban J connectivity index is 1.96. The summed E-state index contributed by atoms with van der Waals surface area (Å²) in [7, 11) is 4.02. The molecular weight excluding hydrogens is 228 g/mol. The molecule has 0 unspecified atom stereocenters. The molecule has 0 bridgehead atoms. The van der Waals surface area contributed by atoms with Crippen LogP contribution in [0.2, 0.25) is 0 Å². The molecule has 0 amide bonds. The number of rotatable bonds is 6. The lowest BCUT2D eigenvalue weighted by Gasteiger charge is -2.16. The molecule has 1 N–H and O–H groups in total. The molecule has 98 valence electrons. The SMILES string of the molecule is CNCc1occc1CN(C)Cc1ccoc1C. The van der Waals surface area contributed by atoms with E-state index in [-0.39, 0.29) is 0 Å². The molecule has 0 aliphatic rings. The maximum absolute atomic E-state index is 5.46. The lowest BCUT2D eigenvalue weighted by Crippen LogP contribution is -2.18. The zero-order chi connectivity index (χ0) is 13.0. The summed E-state index contributed by atoms with van der Waals surface area (Å²) in [5.74, 6) is 2.00. The highest BCUT2D eigenvalue weighted by molar-refractivity contribution is 5.18. The molecule has 2 aromatic rings. The van der Waals surface area contributed by atoms with Crippen LogP contribution in [0, 0.1) is 6.92 Å². The second-order valence-corrected chi connectivity index (χ2v) is 4.57. The molecule has 0 aromatic carbocycles. The van der Waals surface area contributed by atoms with E-state index >= 15 is 0 Å².